The Morgan fingerprint density at radius 2 is 1.90 bits per heavy atom. The largest absolute Gasteiger partial charge is 0.465 e. The topological polar surface area (TPSA) is 58.4 Å². The van der Waals surface area contributed by atoms with Crippen LogP contribution in [0.5, 0.6) is 0 Å². The number of rotatable bonds is 2. The van der Waals surface area contributed by atoms with Crippen LogP contribution in [0.15, 0.2) is 42.9 Å². The summed E-state index contributed by atoms with van der Waals surface area (Å²) < 4.78 is 2.11. The lowest BCUT2D eigenvalue weighted by Crippen LogP contribution is -2.37. The molecule has 1 aliphatic heterocycles. The highest BCUT2D eigenvalue weighted by molar-refractivity contribution is 5.65. The minimum atomic E-state index is -0.820. The van der Waals surface area contributed by atoms with Gasteiger partial charge in [-0.25, -0.2) is 9.78 Å². The molecule has 1 saturated heterocycles. The van der Waals surface area contributed by atoms with Crippen molar-refractivity contribution in [3.8, 4) is 11.3 Å². The van der Waals surface area contributed by atoms with Crippen molar-refractivity contribution < 1.29 is 9.90 Å². The number of likely N-dealkylation sites (tertiary alicyclic amines) is 1. The second kappa shape index (κ2) is 5.36. The summed E-state index contributed by atoms with van der Waals surface area (Å²) >= 11 is 0. The van der Waals surface area contributed by atoms with Crippen molar-refractivity contribution in [1.82, 2.24) is 14.5 Å². The molecule has 5 nitrogen and oxygen atoms in total. The number of piperidine rings is 1. The van der Waals surface area contributed by atoms with E-state index < -0.39 is 6.09 Å². The van der Waals surface area contributed by atoms with Gasteiger partial charge in [-0.3, -0.25) is 0 Å². The van der Waals surface area contributed by atoms with Gasteiger partial charge in [0.15, 0.2) is 0 Å². The van der Waals surface area contributed by atoms with Gasteiger partial charge in [-0.05, 0) is 12.8 Å². The van der Waals surface area contributed by atoms with Crippen LogP contribution in [-0.2, 0) is 0 Å². The molecule has 104 valence electrons. The summed E-state index contributed by atoms with van der Waals surface area (Å²) in [6.07, 6.45) is 4.77. The third-order valence-electron chi connectivity index (χ3n) is 3.83. The van der Waals surface area contributed by atoms with E-state index in [1.807, 2.05) is 36.7 Å². The maximum Gasteiger partial charge on any atom is 0.407 e. The first kappa shape index (κ1) is 12.7. The third-order valence-corrected chi connectivity index (χ3v) is 3.83. The van der Waals surface area contributed by atoms with E-state index in [0.29, 0.717) is 19.1 Å². The molecule has 0 spiro atoms. The number of aromatic nitrogens is 2. The van der Waals surface area contributed by atoms with Crippen LogP contribution in [0.1, 0.15) is 18.9 Å². The molecule has 1 fully saturated rings. The highest BCUT2D eigenvalue weighted by atomic mass is 16.4. The fourth-order valence-electron chi connectivity index (χ4n) is 2.65. The molecule has 1 N–H and O–H groups in total. The molecule has 5 heteroatoms. The highest BCUT2D eigenvalue weighted by Crippen LogP contribution is 2.25. The van der Waals surface area contributed by atoms with Crippen molar-refractivity contribution in [1.29, 1.82) is 0 Å². The Labute approximate surface area is 117 Å². The molecule has 0 atom stereocenters. The van der Waals surface area contributed by atoms with Gasteiger partial charge < -0.3 is 14.6 Å². The molecule has 0 saturated carbocycles. The quantitative estimate of drug-likeness (QED) is 0.913. The number of carbonyl (C=O) groups is 1. The van der Waals surface area contributed by atoms with Crippen molar-refractivity contribution >= 4 is 6.09 Å². The van der Waals surface area contributed by atoms with Gasteiger partial charge in [0.05, 0.1) is 12.0 Å². The first-order valence-corrected chi connectivity index (χ1v) is 6.81. The average Bonchev–Trinajstić information content (AvgIpc) is 2.98. The van der Waals surface area contributed by atoms with E-state index in [4.69, 9.17) is 5.11 Å². The van der Waals surface area contributed by atoms with Crippen LogP contribution in [-0.4, -0.2) is 38.7 Å². The number of hydrogen-bond donors (Lipinski definition) is 1. The molecular formula is C15H17N3O2. The lowest BCUT2D eigenvalue weighted by molar-refractivity contribution is 0.125. The minimum absolute atomic E-state index is 0.343. The van der Waals surface area contributed by atoms with Crippen molar-refractivity contribution in [3.05, 3.63) is 42.9 Å². The average molecular weight is 271 g/mol. The molecular weight excluding hydrogens is 254 g/mol. The molecule has 0 unspecified atom stereocenters. The second-order valence-corrected chi connectivity index (χ2v) is 5.07. The summed E-state index contributed by atoms with van der Waals surface area (Å²) in [6.45, 7) is 1.19. The summed E-state index contributed by atoms with van der Waals surface area (Å²) in [5, 5.41) is 8.95. The van der Waals surface area contributed by atoms with E-state index in [2.05, 4.69) is 15.7 Å². The van der Waals surface area contributed by atoms with Crippen LogP contribution in [0.25, 0.3) is 11.3 Å². The third kappa shape index (κ3) is 2.52. The summed E-state index contributed by atoms with van der Waals surface area (Å²) in [6, 6.07) is 10.4. The Hall–Kier alpha value is -2.30. The van der Waals surface area contributed by atoms with Gasteiger partial charge in [0.25, 0.3) is 0 Å². The Morgan fingerprint density at radius 1 is 1.20 bits per heavy atom. The van der Waals surface area contributed by atoms with Gasteiger partial charge in [-0.2, -0.15) is 0 Å². The molecule has 3 rings (SSSR count). The van der Waals surface area contributed by atoms with Crippen LogP contribution in [0, 0.1) is 0 Å². The van der Waals surface area contributed by atoms with E-state index >= 15 is 0 Å². The zero-order valence-corrected chi connectivity index (χ0v) is 11.1. The van der Waals surface area contributed by atoms with Crippen LogP contribution in [0.2, 0.25) is 0 Å². The van der Waals surface area contributed by atoms with Crippen LogP contribution < -0.4 is 0 Å². The SMILES string of the molecule is O=C(O)N1CCC(n2cnc(-c3ccccc3)c2)CC1. The molecule has 0 bridgehead atoms. The van der Waals surface area contributed by atoms with Crippen molar-refractivity contribution in [2.45, 2.75) is 18.9 Å². The van der Waals surface area contributed by atoms with Gasteiger partial charge in [0, 0.05) is 30.9 Å². The molecule has 0 radical (unpaired) electrons. The van der Waals surface area contributed by atoms with E-state index in [9.17, 15) is 4.79 Å². The van der Waals surface area contributed by atoms with E-state index in [1.54, 1.807) is 0 Å². The normalized spacial score (nSPS) is 16.3. The molecule has 0 aliphatic carbocycles. The fourth-order valence-corrected chi connectivity index (χ4v) is 2.65. The highest BCUT2D eigenvalue weighted by Gasteiger charge is 2.23. The Kier molecular flexibility index (Phi) is 3.41. The number of imidazole rings is 1. The number of hydrogen-bond acceptors (Lipinski definition) is 2. The minimum Gasteiger partial charge on any atom is -0.465 e. The zero-order valence-electron chi connectivity index (χ0n) is 11.1. The monoisotopic (exact) mass is 271 g/mol. The first-order chi connectivity index (χ1) is 9.74. The molecule has 1 aromatic carbocycles. The van der Waals surface area contributed by atoms with Gasteiger partial charge in [-0.15, -0.1) is 0 Å². The molecule has 1 amide bonds. The van der Waals surface area contributed by atoms with Gasteiger partial charge in [0.2, 0.25) is 0 Å². The van der Waals surface area contributed by atoms with Crippen LogP contribution >= 0.6 is 0 Å². The second-order valence-electron chi connectivity index (χ2n) is 5.07. The predicted molar refractivity (Wildman–Crippen MR) is 75.5 cm³/mol. The Morgan fingerprint density at radius 3 is 2.55 bits per heavy atom. The Bertz CT molecular complexity index is 586. The molecule has 20 heavy (non-hydrogen) atoms. The summed E-state index contributed by atoms with van der Waals surface area (Å²) in [7, 11) is 0. The van der Waals surface area contributed by atoms with Crippen molar-refractivity contribution in [2.75, 3.05) is 13.1 Å². The molecule has 1 aromatic heterocycles. The standard InChI is InChI=1S/C15H17N3O2/c19-15(20)17-8-6-13(7-9-17)18-10-14(16-11-18)12-4-2-1-3-5-12/h1-5,10-11,13H,6-9H2,(H,19,20). The number of benzene rings is 1. The lowest BCUT2D eigenvalue weighted by Gasteiger charge is -2.30. The number of amides is 1. The van der Waals surface area contributed by atoms with Crippen LogP contribution in [0.4, 0.5) is 4.79 Å². The summed E-state index contributed by atoms with van der Waals surface area (Å²) in [5.41, 5.74) is 2.07. The fraction of sp³-hybridized carbons (Fsp3) is 0.333. The van der Waals surface area contributed by atoms with E-state index in [0.717, 1.165) is 24.1 Å². The van der Waals surface area contributed by atoms with Gasteiger partial charge >= 0.3 is 6.09 Å². The zero-order chi connectivity index (χ0) is 13.9. The lowest BCUT2D eigenvalue weighted by atomic mass is 10.1. The Balaban J connectivity index is 1.71. The maximum atomic E-state index is 10.9. The summed E-state index contributed by atoms with van der Waals surface area (Å²) in [4.78, 5) is 16.8. The van der Waals surface area contributed by atoms with Gasteiger partial charge in [0.1, 0.15) is 0 Å². The van der Waals surface area contributed by atoms with Crippen LogP contribution in [0.3, 0.4) is 0 Å². The van der Waals surface area contributed by atoms with E-state index in [1.165, 1.54) is 4.90 Å². The summed E-state index contributed by atoms with van der Waals surface area (Å²) in [5.74, 6) is 0. The molecule has 2 aromatic rings. The number of nitrogens with zero attached hydrogens (tertiary/aromatic N) is 3. The van der Waals surface area contributed by atoms with Crippen molar-refractivity contribution in [3.63, 3.8) is 0 Å². The number of carboxylic acid groups (broad SMARTS) is 1. The first-order valence-electron chi connectivity index (χ1n) is 6.81. The molecule has 2 heterocycles. The van der Waals surface area contributed by atoms with Gasteiger partial charge in [-0.1, -0.05) is 30.3 Å². The maximum absolute atomic E-state index is 10.9. The van der Waals surface area contributed by atoms with E-state index in [-0.39, 0.29) is 0 Å². The molecule has 1 aliphatic rings. The smallest absolute Gasteiger partial charge is 0.407 e. The predicted octanol–water partition coefficient (Wildman–Crippen LogP) is 2.87. The van der Waals surface area contributed by atoms with Crippen molar-refractivity contribution in [2.24, 2.45) is 0 Å².